The standard InChI is InChI=1S/C21H23F3N6O2S/c22-13-1-2-16(24)15(9-13)18-10-14(23)12-29(18)19-3-4-30-20(27-19)17(11-25-30)26-21(33)28(5-7-31)6-8-32/h1-4,9,11,14,18,31-32H,5-8,10,12H2,(H,26,33)/t14-,18+/m0/s1. The van der Waals surface area contributed by atoms with Gasteiger partial charge in [0, 0.05) is 31.3 Å². The van der Waals surface area contributed by atoms with Crippen molar-refractivity contribution in [3.05, 3.63) is 53.9 Å². The summed E-state index contributed by atoms with van der Waals surface area (Å²) in [5.74, 6) is -0.817. The molecule has 3 N–H and O–H groups in total. The van der Waals surface area contributed by atoms with Crippen molar-refractivity contribution in [2.75, 3.05) is 43.1 Å². The molecule has 0 saturated carbocycles. The highest BCUT2D eigenvalue weighted by Crippen LogP contribution is 2.38. The number of aliphatic hydroxyl groups excluding tert-OH is 2. The van der Waals surface area contributed by atoms with E-state index in [-0.39, 0.29) is 49.9 Å². The Morgan fingerprint density at radius 3 is 2.70 bits per heavy atom. The maximum absolute atomic E-state index is 14.4. The lowest BCUT2D eigenvalue weighted by atomic mass is 10.0. The Kier molecular flexibility index (Phi) is 6.96. The molecule has 1 fully saturated rings. The Labute approximate surface area is 193 Å². The maximum Gasteiger partial charge on any atom is 0.180 e. The number of fused-ring (bicyclic) bond motifs is 1. The van der Waals surface area contributed by atoms with Crippen LogP contribution < -0.4 is 10.2 Å². The largest absolute Gasteiger partial charge is 0.395 e. The van der Waals surface area contributed by atoms with E-state index in [4.69, 9.17) is 12.2 Å². The fraction of sp³-hybridized carbons (Fsp3) is 0.381. The van der Waals surface area contributed by atoms with E-state index >= 15 is 0 Å². The number of alkyl halides is 1. The number of nitrogens with one attached hydrogen (secondary N) is 1. The van der Waals surface area contributed by atoms with E-state index in [0.29, 0.717) is 17.2 Å². The number of benzene rings is 1. The zero-order valence-corrected chi connectivity index (χ0v) is 18.4. The van der Waals surface area contributed by atoms with Gasteiger partial charge in [-0.1, -0.05) is 0 Å². The van der Waals surface area contributed by atoms with Gasteiger partial charge >= 0.3 is 0 Å². The summed E-state index contributed by atoms with van der Waals surface area (Å²) >= 11 is 5.37. The molecule has 1 saturated heterocycles. The molecule has 2 aromatic heterocycles. The van der Waals surface area contributed by atoms with Gasteiger partial charge in [-0.2, -0.15) is 5.10 Å². The van der Waals surface area contributed by atoms with Crippen LogP contribution in [0.15, 0.2) is 36.7 Å². The summed E-state index contributed by atoms with van der Waals surface area (Å²) in [4.78, 5) is 7.80. The van der Waals surface area contributed by atoms with E-state index < -0.39 is 23.8 Å². The van der Waals surface area contributed by atoms with Gasteiger partial charge in [0.2, 0.25) is 0 Å². The second-order valence-electron chi connectivity index (χ2n) is 7.64. The fourth-order valence-corrected chi connectivity index (χ4v) is 4.25. The third-order valence-corrected chi connectivity index (χ3v) is 5.84. The van der Waals surface area contributed by atoms with Gasteiger partial charge < -0.3 is 25.3 Å². The Morgan fingerprint density at radius 1 is 1.21 bits per heavy atom. The fourth-order valence-electron chi connectivity index (χ4n) is 3.96. The van der Waals surface area contributed by atoms with Crippen LogP contribution in [0.5, 0.6) is 0 Å². The normalized spacial score (nSPS) is 18.2. The molecule has 1 aliphatic rings. The molecule has 3 heterocycles. The van der Waals surface area contributed by atoms with Crippen molar-refractivity contribution in [3.8, 4) is 0 Å². The summed E-state index contributed by atoms with van der Waals surface area (Å²) in [5, 5.41) is 25.9. The molecule has 0 aliphatic carbocycles. The Hall–Kier alpha value is -2.96. The van der Waals surface area contributed by atoms with E-state index in [0.717, 1.165) is 18.2 Å². The number of thiocarbonyl (C=S) groups is 1. The molecule has 0 radical (unpaired) electrons. The number of hydrogen-bond acceptors (Lipinski definition) is 6. The van der Waals surface area contributed by atoms with Crippen molar-refractivity contribution in [2.45, 2.75) is 18.6 Å². The summed E-state index contributed by atoms with van der Waals surface area (Å²) in [7, 11) is 0. The third kappa shape index (κ3) is 4.87. The van der Waals surface area contributed by atoms with Gasteiger partial charge in [0.1, 0.15) is 29.3 Å². The molecule has 1 aliphatic heterocycles. The van der Waals surface area contributed by atoms with Crippen molar-refractivity contribution in [1.29, 1.82) is 0 Å². The predicted molar refractivity (Wildman–Crippen MR) is 121 cm³/mol. The van der Waals surface area contributed by atoms with Crippen molar-refractivity contribution in [3.63, 3.8) is 0 Å². The van der Waals surface area contributed by atoms with Crippen LogP contribution in [0, 0.1) is 11.6 Å². The monoisotopic (exact) mass is 480 g/mol. The lowest BCUT2D eigenvalue weighted by Gasteiger charge is -2.26. The molecule has 0 bridgehead atoms. The van der Waals surface area contributed by atoms with Crippen LogP contribution >= 0.6 is 12.2 Å². The molecular formula is C21H23F3N6O2S. The first-order valence-electron chi connectivity index (χ1n) is 10.4. The predicted octanol–water partition coefficient (Wildman–Crippen LogP) is 2.28. The van der Waals surface area contributed by atoms with Gasteiger partial charge in [-0.05, 0) is 36.5 Å². The first kappa shape index (κ1) is 23.2. The number of halogens is 3. The second-order valence-corrected chi connectivity index (χ2v) is 8.03. The highest BCUT2D eigenvalue weighted by atomic mass is 32.1. The maximum atomic E-state index is 14.4. The SMILES string of the molecule is OCCN(CCO)C(=S)Nc1cnn2ccc(N3C[C@@H](F)C[C@@H]3c3cc(F)ccc3F)nc12. The molecule has 8 nitrogen and oxygen atoms in total. The van der Waals surface area contributed by atoms with Gasteiger partial charge in [0.05, 0.1) is 32.0 Å². The van der Waals surface area contributed by atoms with E-state index in [1.165, 1.54) is 10.7 Å². The molecule has 33 heavy (non-hydrogen) atoms. The van der Waals surface area contributed by atoms with Crippen molar-refractivity contribution in [2.24, 2.45) is 0 Å². The molecule has 0 spiro atoms. The van der Waals surface area contributed by atoms with Crippen molar-refractivity contribution >= 4 is 34.5 Å². The average molecular weight is 481 g/mol. The zero-order valence-electron chi connectivity index (χ0n) is 17.5. The Morgan fingerprint density at radius 2 is 1.97 bits per heavy atom. The highest BCUT2D eigenvalue weighted by Gasteiger charge is 2.36. The van der Waals surface area contributed by atoms with Crippen LogP contribution in [-0.4, -0.2) is 73.8 Å². The van der Waals surface area contributed by atoms with Crippen LogP contribution in [0.3, 0.4) is 0 Å². The van der Waals surface area contributed by atoms with Crippen LogP contribution in [0.1, 0.15) is 18.0 Å². The molecule has 3 aromatic rings. The third-order valence-electron chi connectivity index (χ3n) is 5.48. The zero-order chi connectivity index (χ0) is 23.5. The smallest absolute Gasteiger partial charge is 0.180 e. The van der Waals surface area contributed by atoms with Gasteiger partial charge in [-0.25, -0.2) is 22.7 Å². The average Bonchev–Trinajstić information content (AvgIpc) is 3.38. The lowest BCUT2D eigenvalue weighted by Crippen LogP contribution is -2.38. The quantitative estimate of drug-likeness (QED) is 0.444. The lowest BCUT2D eigenvalue weighted by molar-refractivity contribution is 0.214. The minimum absolute atomic E-state index is 0.0129. The van der Waals surface area contributed by atoms with Crippen LogP contribution in [0.2, 0.25) is 0 Å². The molecular weight excluding hydrogens is 457 g/mol. The second kappa shape index (κ2) is 9.89. The van der Waals surface area contributed by atoms with E-state index in [9.17, 15) is 23.4 Å². The minimum atomic E-state index is -1.23. The molecule has 0 unspecified atom stereocenters. The Bertz CT molecular complexity index is 1140. The topological polar surface area (TPSA) is 89.2 Å². The first-order valence-corrected chi connectivity index (χ1v) is 10.8. The van der Waals surface area contributed by atoms with Crippen LogP contribution in [-0.2, 0) is 0 Å². The summed E-state index contributed by atoms with van der Waals surface area (Å²) in [5.41, 5.74) is 0.935. The number of nitrogens with zero attached hydrogens (tertiary/aromatic N) is 5. The van der Waals surface area contributed by atoms with Crippen LogP contribution in [0.25, 0.3) is 5.65 Å². The van der Waals surface area contributed by atoms with Gasteiger partial charge in [-0.15, -0.1) is 0 Å². The summed E-state index contributed by atoms with van der Waals surface area (Å²) in [6, 6.07) is 4.07. The van der Waals surface area contributed by atoms with Gasteiger partial charge in [0.25, 0.3) is 0 Å². The van der Waals surface area contributed by atoms with E-state index in [2.05, 4.69) is 15.4 Å². The number of rotatable bonds is 7. The number of aliphatic hydroxyl groups is 2. The highest BCUT2D eigenvalue weighted by molar-refractivity contribution is 7.80. The van der Waals surface area contributed by atoms with E-state index in [1.807, 2.05) is 0 Å². The van der Waals surface area contributed by atoms with Crippen molar-refractivity contribution in [1.82, 2.24) is 19.5 Å². The van der Waals surface area contributed by atoms with Crippen molar-refractivity contribution < 1.29 is 23.4 Å². The molecule has 2 atom stereocenters. The Balaban J connectivity index is 1.64. The molecule has 1 aromatic carbocycles. The molecule has 176 valence electrons. The number of aromatic nitrogens is 3. The molecule has 4 rings (SSSR count). The minimum Gasteiger partial charge on any atom is -0.395 e. The number of hydrogen-bond donors (Lipinski definition) is 3. The summed E-state index contributed by atoms with van der Waals surface area (Å²) in [6.45, 7) is 0.167. The molecule has 0 amide bonds. The first-order chi connectivity index (χ1) is 15.9. The van der Waals surface area contributed by atoms with Crippen LogP contribution in [0.4, 0.5) is 24.7 Å². The molecule has 12 heteroatoms. The van der Waals surface area contributed by atoms with Gasteiger partial charge in [0.15, 0.2) is 10.8 Å². The summed E-state index contributed by atoms with van der Waals surface area (Å²) in [6.07, 6.45) is 1.94. The van der Waals surface area contributed by atoms with E-state index in [1.54, 1.807) is 22.1 Å². The summed E-state index contributed by atoms with van der Waals surface area (Å²) < 4.78 is 44.1. The number of anilines is 2. The van der Waals surface area contributed by atoms with Gasteiger partial charge in [-0.3, -0.25) is 0 Å².